The Morgan fingerprint density at radius 1 is 1.48 bits per heavy atom. The third-order valence-corrected chi connectivity index (χ3v) is 2.37. The first-order valence-corrected chi connectivity index (χ1v) is 5.91. The molecule has 21 heavy (non-hydrogen) atoms. The molecule has 0 saturated heterocycles. The van der Waals surface area contributed by atoms with Crippen LogP contribution in [0, 0.1) is 6.92 Å². The van der Waals surface area contributed by atoms with Crippen molar-refractivity contribution in [2.45, 2.75) is 13.0 Å². The third kappa shape index (κ3) is 5.20. The van der Waals surface area contributed by atoms with Gasteiger partial charge >= 0.3 is 0 Å². The molecule has 0 aromatic carbocycles. The highest BCUT2D eigenvalue weighted by molar-refractivity contribution is 5.95. The van der Waals surface area contributed by atoms with E-state index in [1.807, 2.05) is 0 Å². The summed E-state index contributed by atoms with van der Waals surface area (Å²) < 4.78 is 9.46. The normalized spacial score (nSPS) is 11.6. The van der Waals surface area contributed by atoms with Crippen molar-refractivity contribution in [1.82, 2.24) is 21.3 Å². The van der Waals surface area contributed by atoms with Crippen LogP contribution in [0.3, 0.4) is 0 Å². The number of hydrogen-bond donors (Lipinski definition) is 4. The first-order valence-electron chi connectivity index (χ1n) is 5.91. The van der Waals surface area contributed by atoms with Gasteiger partial charge in [-0.3, -0.25) is 19.6 Å². The SMILES string of the molecule is COC[C@H](NC(=O)CNC(=O)c1cc(C)on1)C(=O)NO. The highest BCUT2D eigenvalue weighted by Gasteiger charge is 2.20. The second-order valence-electron chi connectivity index (χ2n) is 4.06. The smallest absolute Gasteiger partial charge is 0.273 e. The van der Waals surface area contributed by atoms with Gasteiger partial charge in [0.25, 0.3) is 11.8 Å². The number of nitrogens with one attached hydrogen (secondary N) is 3. The van der Waals surface area contributed by atoms with Crippen LogP contribution >= 0.6 is 0 Å². The average Bonchev–Trinajstić information content (AvgIpc) is 2.90. The number of rotatable bonds is 7. The van der Waals surface area contributed by atoms with Gasteiger partial charge < -0.3 is 19.9 Å². The zero-order valence-electron chi connectivity index (χ0n) is 11.5. The fraction of sp³-hybridized carbons (Fsp3) is 0.455. The lowest BCUT2D eigenvalue weighted by Crippen LogP contribution is -2.51. The summed E-state index contributed by atoms with van der Waals surface area (Å²) in [6.07, 6.45) is 0. The highest BCUT2D eigenvalue weighted by Crippen LogP contribution is 2.00. The number of ether oxygens (including phenoxy) is 1. The summed E-state index contributed by atoms with van der Waals surface area (Å²) in [5.74, 6) is -1.58. The summed E-state index contributed by atoms with van der Waals surface area (Å²) in [7, 11) is 1.33. The van der Waals surface area contributed by atoms with E-state index in [0.29, 0.717) is 5.76 Å². The minimum atomic E-state index is -1.07. The Balaban J connectivity index is 2.45. The molecule has 10 heteroatoms. The molecule has 0 aliphatic rings. The summed E-state index contributed by atoms with van der Waals surface area (Å²) in [5.41, 5.74) is 1.45. The summed E-state index contributed by atoms with van der Waals surface area (Å²) in [4.78, 5) is 34.4. The highest BCUT2D eigenvalue weighted by atomic mass is 16.5. The number of amides is 3. The maximum absolute atomic E-state index is 11.6. The zero-order chi connectivity index (χ0) is 15.8. The zero-order valence-corrected chi connectivity index (χ0v) is 11.5. The van der Waals surface area contributed by atoms with Crippen LogP contribution in [0.2, 0.25) is 0 Å². The van der Waals surface area contributed by atoms with E-state index in [9.17, 15) is 14.4 Å². The monoisotopic (exact) mass is 300 g/mol. The Labute approximate surface area is 119 Å². The van der Waals surface area contributed by atoms with Gasteiger partial charge in [-0.1, -0.05) is 5.16 Å². The summed E-state index contributed by atoms with van der Waals surface area (Å²) >= 11 is 0. The van der Waals surface area contributed by atoms with E-state index >= 15 is 0 Å². The van der Waals surface area contributed by atoms with Crippen LogP contribution in [0.1, 0.15) is 16.2 Å². The lowest BCUT2D eigenvalue weighted by molar-refractivity contribution is -0.135. The van der Waals surface area contributed by atoms with Gasteiger partial charge in [-0.05, 0) is 6.92 Å². The van der Waals surface area contributed by atoms with E-state index in [4.69, 9.17) is 14.5 Å². The van der Waals surface area contributed by atoms with Crippen molar-refractivity contribution < 1.29 is 28.9 Å². The van der Waals surface area contributed by atoms with Gasteiger partial charge in [-0.15, -0.1) is 0 Å². The van der Waals surface area contributed by atoms with Crippen molar-refractivity contribution in [3.8, 4) is 0 Å². The van der Waals surface area contributed by atoms with E-state index in [1.165, 1.54) is 18.7 Å². The molecule has 0 spiro atoms. The Morgan fingerprint density at radius 2 is 2.19 bits per heavy atom. The molecule has 0 radical (unpaired) electrons. The Kier molecular flexibility index (Phi) is 6.30. The van der Waals surface area contributed by atoms with Gasteiger partial charge in [-0.25, -0.2) is 5.48 Å². The lowest BCUT2D eigenvalue weighted by atomic mass is 10.3. The van der Waals surface area contributed by atoms with Crippen molar-refractivity contribution in [2.24, 2.45) is 0 Å². The van der Waals surface area contributed by atoms with Crippen molar-refractivity contribution >= 4 is 17.7 Å². The van der Waals surface area contributed by atoms with Crippen LogP contribution in [0.5, 0.6) is 0 Å². The number of nitrogens with zero attached hydrogens (tertiary/aromatic N) is 1. The quantitative estimate of drug-likeness (QED) is 0.349. The van der Waals surface area contributed by atoms with Gasteiger partial charge in [0.15, 0.2) is 5.69 Å². The van der Waals surface area contributed by atoms with Gasteiger partial charge in [0.2, 0.25) is 5.91 Å². The van der Waals surface area contributed by atoms with Crippen molar-refractivity contribution in [2.75, 3.05) is 20.3 Å². The van der Waals surface area contributed by atoms with Crippen molar-refractivity contribution in [3.63, 3.8) is 0 Å². The molecule has 0 bridgehead atoms. The summed E-state index contributed by atoms with van der Waals surface area (Å²) in [6.45, 7) is 1.12. The van der Waals surface area contributed by atoms with Crippen LogP contribution in [0.15, 0.2) is 10.6 Å². The molecule has 0 aliphatic heterocycles. The number of aryl methyl sites for hydroxylation is 1. The third-order valence-electron chi connectivity index (χ3n) is 2.37. The number of aromatic nitrogens is 1. The van der Waals surface area contributed by atoms with Crippen LogP contribution in [-0.2, 0) is 14.3 Å². The first kappa shape index (κ1) is 16.6. The molecule has 1 heterocycles. The molecule has 10 nitrogen and oxygen atoms in total. The van der Waals surface area contributed by atoms with E-state index in [-0.39, 0.29) is 18.8 Å². The maximum Gasteiger partial charge on any atom is 0.273 e. The summed E-state index contributed by atoms with van der Waals surface area (Å²) in [5, 5.41) is 16.6. The van der Waals surface area contributed by atoms with Gasteiger partial charge in [0, 0.05) is 13.2 Å². The predicted molar refractivity (Wildman–Crippen MR) is 67.3 cm³/mol. The Bertz CT molecular complexity index is 515. The molecular weight excluding hydrogens is 284 g/mol. The largest absolute Gasteiger partial charge is 0.382 e. The van der Waals surface area contributed by atoms with E-state index in [2.05, 4.69) is 15.8 Å². The van der Waals surface area contributed by atoms with Crippen molar-refractivity contribution in [3.05, 3.63) is 17.5 Å². The minimum absolute atomic E-state index is 0.0434. The number of carbonyl (C=O) groups excluding carboxylic acids is 3. The predicted octanol–water partition coefficient (Wildman–Crippen LogP) is -1.65. The molecule has 1 rings (SSSR count). The molecule has 0 saturated carbocycles. The number of methoxy groups -OCH3 is 1. The number of carbonyl (C=O) groups is 3. The van der Waals surface area contributed by atoms with Crippen LogP contribution in [0.25, 0.3) is 0 Å². The molecule has 0 fully saturated rings. The molecule has 3 amide bonds. The Morgan fingerprint density at radius 3 is 2.71 bits per heavy atom. The van der Waals surface area contributed by atoms with Gasteiger partial charge in [0.1, 0.15) is 11.8 Å². The van der Waals surface area contributed by atoms with E-state index < -0.39 is 23.8 Å². The van der Waals surface area contributed by atoms with Crippen LogP contribution in [0.4, 0.5) is 0 Å². The number of hydrogen-bond acceptors (Lipinski definition) is 7. The molecule has 4 N–H and O–H groups in total. The summed E-state index contributed by atoms with van der Waals surface area (Å²) in [6, 6.07) is 0.346. The van der Waals surface area contributed by atoms with E-state index in [1.54, 1.807) is 6.92 Å². The lowest BCUT2D eigenvalue weighted by Gasteiger charge is -2.15. The first-order chi connectivity index (χ1) is 9.97. The molecular formula is C11H16N4O6. The number of hydroxylamine groups is 1. The molecule has 1 aromatic rings. The topological polar surface area (TPSA) is 143 Å². The van der Waals surface area contributed by atoms with Gasteiger partial charge in [0.05, 0.1) is 13.2 Å². The average molecular weight is 300 g/mol. The minimum Gasteiger partial charge on any atom is -0.382 e. The fourth-order valence-corrected chi connectivity index (χ4v) is 1.40. The molecule has 0 unspecified atom stereocenters. The van der Waals surface area contributed by atoms with Crippen LogP contribution in [-0.4, -0.2) is 54.4 Å². The second kappa shape index (κ2) is 7.97. The van der Waals surface area contributed by atoms with Gasteiger partial charge in [-0.2, -0.15) is 0 Å². The molecule has 0 aliphatic carbocycles. The fourth-order valence-electron chi connectivity index (χ4n) is 1.40. The molecule has 1 aromatic heterocycles. The Hall–Kier alpha value is -2.46. The second-order valence-corrected chi connectivity index (χ2v) is 4.06. The van der Waals surface area contributed by atoms with Crippen LogP contribution < -0.4 is 16.1 Å². The maximum atomic E-state index is 11.6. The molecule has 1 atom stereocenters. The van der Waals surface area contributed by atoms with Crippen molar-refractivity contribution in [1.29, 1.82) is 0 Å². The molecule has 116 valence electrons. The van der Waals surface area contributed by atoms with E-state index in [0.717, 1.165) is 0 Å². The standard InChI is InChI=1S/C11H16N4O6/c1-6-3-7(15-21-6)10(17)12-4-9(16)13-8(5-20-2)11(18)14-19/h3,8,19H,4-5H2,1-2H3,(H,12,17)(H,13,16)(H,14,18)/t8-/m0/s1.